The van der Waals surface area contributed by atoms with Crippen LogP contribution in [0.3, 0.4) is 0 Å². The van der Waals surface area contributed by atoms with Crippen LogP contribution >= 0.6 is 0 Å². The van der Waals surface area contributed by atoms with Crippen molar-refractivity contribution in [1.82, 2.24) is 10.3 Å². The first-order valence-corrected chi connectivity index (χ1v) is 7.38. The second-order valence-electron chi connectivity index (χ2n) is 5.10. The Kier molecular flexibility index (Phi) is 5.66. The van der Waals surface area contributed by atoms with Crippen LogP contribution in [-0.2, 0) is 27.5 Å². The summed E-state index contributed by atoms with van der Waals surface area (Å²) in [6.45, 7) is 3.69. The van der Waals surface area contributed by atoms with E-state index in [9.17, 15) is 9.59 Å². The van der Waals surface area contributed by atoms with Gasteiger partial charge in [-0.15, -0.1) is 0 Å². The molecule has 1 aliphatic heterocycles. The van der Waals surface area contributed by atoms with Crippen LogP contribution in [0.5, 0.6) is 0 Å². The summed E-state index contributed by atoms with van der Waals surface area (Å²) in [5.74, 6) is -0.292. The van der Waals surface area contributed by atoms with Crippen molar-refractivity contribution in [2.24, 2.45) is 5.10 Å². The summed E-state index contributed by atoms with van der Waals surface area (Å²) in [7, 11) is 1.56. The van der Waals surface area contributed by atoms with E-state index in [1.807, 2.05) is 31.2 Å². The van der Waals surface area contributed by atoms with Gasteiger partial charge in [-0.05, 0) is 18.1 Å². The monoisotopic (exact) mass is 303 g/mol. The molecule has 1 N–H and O–H groups in total. The molecule has 1 aromatic carbocycles. The van der Waals surface area contributed by atoms with E-state index in [0.29, 0.717) is 38.3 Å². The van der Waals surface area contributed by atoms with Gasteiger partial charge in [0.15, 0.2) is 0 Å². The van der Waals surface area contributed by atoms with Crippen LogP contribution in [0.15, 0.2) is 29.4 Å². The minimum atomic E-state index is -0.224. The summed E-state index contributed by atoms with van der Waals surface area (Å²) in [5.41, 5.74) is 2.51. The first kappa shape index (κ1) is 16.2. The van der Waals surface area contributed by atoms with Crippen LogP contribution in [0.1, 0.15) is 30.9 Å². The highest BCUT2D eigenvalue weighted by Crippen LogP contribution is 2.08. The van der Waals surface area contributed by atoms with Crippen LogP contribution in [0.2, 0.25) is 0 Å². The van der Waals surface area contributed by atoms with Crippen molar-refractivity contribution in [3.63, 3.8) is 0 Å². The first-order valence-electron chi connectivity index (χ1n) is 7.38. The quantitative estimate of drug-likeness (QED) is 0.864. The van der Waals surface area contributed by atoms with Gasteiger partial charge in [0, 0.05) is 33.0 Å². The fraction of sp³-hybridized carbons (Fsp3) is 0.438. The van der Waals surface area contributed by atoms with Crippen LogP contribution in [-0.4, -0.2) is 36.2 Å². The lowest BCUT2D eigenvalue weighted by atomic mass is 10.1. The maximum atomic E-state index is 12.0. The molecular weight excluding hydrogens is 282 g/mol. The fourth-order valence-electron chi connectivity index (χ4n) is 2.09. The molecule has 0 aliphatic carbocycles. The molecule has 6 nitrogen and oxygen atoms in total. The molecule has 0 aromatic heterocycles. The molecule has 118 valence electrons. The van der Waals surface area contributed by atoms with E-state index in [1.54, 1.807) is 7.05 Å². The summed E-state index contributed by atoms with van der Waals surface area (Å²) in [6.07, 6.45) is 0.719. The third-order valence-electron chi connectivity index (χ3n) is 3.42. The molecule has 0 bridgehead atoms. The highest BCUT2D eigenvalue weighted by atomic mass is 16.5. The number of hydrazone groups is 1. The average Bonchev–Trinajstić information content (AvgIpc) is 2.54. The van der Waals surface area contributed by atoms with E-state index in [1.165, 1.54) is 5.01 Å². The molecule has 0 saturated heterocycles. The molecular formula is C16H21N3O3. The first-order chi connectivity index (χ1) is 10.6. The molecule has 0 unspecified atom stereocenters. The molecule has 22 heavy (non-hydrogen) atoms. The summed E-state index contributed by atoms with van der Waals surface area (Å²) in [5, 5.41) is 8.05. The van der Waals surface area contributed by atoms with Crippen molar-refractivity contribution in [2.75, 3.05) is 13.7 Å². The number of nitrogens with zero attached hydrogens (tertiary/aromatic N) is 2. The highest BCUT2D eigenvalue weighted by Gasteiger charge is 2.21. The molecule has 0 fully saturated rings. The van der Waals surface area contributed by atoms with Gasteiger partial charge in [0.1, 0.15) is 5.71 Å². The molecule has 0 radical (unpaired) electrons. The predicted octanol–water partition coefficient (Wildman–Crippen LogP) is 1.45. The number of nitrogens with one attached hydrogen (secondary N) is 1. The lowest BCUT2D eigenvalue weighted by Crippen LogP contribution is -2.37. The number of carbonyl (C=O) groups excluding carboxylic acids is 2. The Bertz CT molecular complexity index is 567. The second kappa shape index (κ2) is 7.70. The number of ether oxygens (including phenoxy) is 1. The number of carbonyl (C=O) groups is 2. The van der Waals surface area contributed by atoms with Gasteiger partial charge in [-0.3, -0.25) is 9.59 Å². The van der Waals surface area contributed by atoms with E-state index in [2.05, 4.69) is 10.4 Å². The highest BCUT2D eigenvalue weighted by molar-refractivity contribution is 6.39. The zero-order valence-corrected chi connectivity index (χ0v) is 13.0. The van der Waals surface area contributed by atoms with Crippen LogP contribution in [0.4, 0.5) is 0 Å². The van der Waals surface area contributed by atoms with Crippen molar-refractivity contribution in [1.29, 1.82) is 0 Å². The van der Waals surface area contributed by atoms with E-state index >= 15 is 0 Å². The molecule has 1 aromatic rings. The SMILES string of the molecule is CCOCc1ccc(CNC(=O)C2=NN(C)C(=O)CC2)cc1. The predicted molar refractivity (Wildman–Crippen MR) is 83.1 cm³/mol. The molecule has 1 aliphatic rings. The topological polar surface area (TPSA) is 71.0 Å². The van der Waals surface area contributed by atoms with E-state index < -0.39 is 0 Å². The molecule has 6 heteroatoms. The molecule has 0 atom stereocenters. The Morgan fingerprint density at radius 1 is 1.27 bits per heavy atom. The van der Waals surface area contributed by atoms with Crippen molar-refractivity contribution < 1.29 is 14.3 Å². The Hall–Kier alpha value is -2.21. The number of hydrogen-bond donors (Lipinski definition) is 1. The maximum Gasteiger partial charge on any atom is 0.267 e. The summed E-state index contributed by atoms with van der Waals surface area (Å²) in [6, 6.07) is 7.91. The Labute approximate surface area is 130 Å². The molecule has 2 rings (SSSR count). The van der Waals surface area contributed by atoms with Crippen LogP contribution < -0.4 is 5.32 Å². The number of benzene rings is 1. The molecule has 0 saturated carbocycles. The summed E-state index contributed by atoms with van der Waals surface area (Å²) < 4.78 is 5.34. The normalized spacial score (nSPS) is 14.7. The van der Waals surface area contributed by atoms with Crippen molar-refractivity contribution >= 4 is 17.5 Å². The van der Waals surface area contributed by atoms with Gasteiger partial charge in [-0.2, -0.15) is 5.10 Å². The number of hydrogen-bond acceptors (Lipinski definition) is 4. The van der Waals surface area contributed by atoms with E-state index in [0.717, 1.165) is 11.1 Å². The standard InChI is InChI=1S/C16H21N3O3/c1-3-22-11-13-6-4-12(5-7-13)10-17-16(21)14-8-9-15(20)19(2)18-14/h4-7H,3,8-11H2,1-2H3,(H,17,21). The Morgan fingerprint density at radius 2 is 1.95 bits per heavy atom. The summed E-state index contributed by atoms with van der Waals surface area (Å²) >= 11 is 0. The van der Waals surface area contributed by atoms with Crippen LogP contribution in [0.25, 0.3) is 0 Å². The zero-order chi connectivity index (χ0) is 15.9. The smallest absolute Gasteiger partial charge is 0.267 e. The number of rotatable bonds is 6. The number of amides is 2. The molecule has 1 heterocycles. The summed E-state index contributed by atoms with van der Waals surface area (Å²) in [4.78, 5) is 23.4. The van der Waals surface area contributed by atoms with Gasteiger partial charge in [-0.25, -0.2) is 5.01 Å². The second-order valence-corrected chi connectivity index (χ2v) is 5.10. The van der Waals surface area contributed by atoms with Crippen LogP contribution in [0, 0.1) is 0 Å². The van der Waals surface area contributed by atoms with Gasteiger partial charge < -0.3 is 10.1 Å². The van der Waals surface area contributed by atoms with Gasteiger partial charge in [-0.1, -0.05) is 24.3 Å². The minimum Gasteiger partial charge on any atom is -0.377 e. The minimum absolute atomic E-state index is 0.0681. The third kappa shape index (κ3) is 4.39. The Morgan fingerprint density at radius 3 is 2.59 bits per heavy atom. The third-order valence-corrected chi connectivity index (χ3v) is 3.42. The lowest BCUT2D eigenvalue weighted by Gasteiger charge is -2.18. The molecule has 2 amide bonds. The zero-order valence-electron chi connectivity index (χ0n) is 13.0. The maximum absolute atomic E-state index is 12.0. The van der Waals surface area contributed by atoms with Crippen molar-refractivity contribution in [3.05, 3.63) is 35.4 Å². The van der Waals surface area contributed by atoms with Gasteiger partial charge in [0.25, 0.3) is 5.91 Å². The van der Waals surface area contributed by atoms with E-state index in [4.69, 9.17) is 4.74 Å². The lowest BCUT2D eigenvalue weighted by molar-refractivity contribution is -0.130. The van der Waals surface area contributed by atoms with E-state index in [-0.39, 0.29) is 11.8 Å². The van der Waals surface area contributed by atoms with Crippen molar-refractivity contribution in [3.8, 4) is 0 Å². The molecule has 0 spiro atoms. The van der Waals surface area contributed by atoms with Gasteiger partial charge in [0.05, 0.1) is 6.61 Å². The van der Waals surface area contributed by atoms with Gasteiger partial charge >= 0.3 is 0 Å². The average molecular weight is 303 g/mol. The fourth-order valence-corrected chi connectivity index (χ4v) is 2.09. The van der Waals surface area contributed by atoms with Crippen molar-refractivity contribution in [2.45, 2.75) is 32.9 Å². The van der Waals surface area contributed by atoms with Gasteiger partial charge in [0.2, 0.25) is 5.91 Å². The Balaban J connectivity index is 1.86. The largest absolute Gasteiger partial charge is 0.377 e.